The van der Waals surface area contributed by atoms with E-state index >= 15 is 0 Å². The van der Waals surface area contributed by atoms with E-state index in [0.29, 0.717) is 5.56 Å². The lowest BCUT2D eigenvalue weighted by atomic mass is 10.1. The lowest BCUT2D eigenvalue weighted by molar-refractivity contribution is 1.17. The molecule has 0 unspecified atom stereocenters. The number of aromatic nitrogens is 2. The summed E-state index contributed by atoms with van der Waals surface area (Å²) in [6.45, 7) is 0. The van der Waals surface area contributed by atoms with Crippen LogP contribution in [0.3, 0.4) is 0 Å². The molecular weight excluding hydrogens is 545 g/mol. The molecule has 9 rings (SSSR count). The fourth-order valence-corrected chi connectivity index (χ4v) is 7.86. The smallest absolute Gasteiger partial charge is 0.101 e. The van der Waals surface area contributed by atoms with Gasteiger partial charge in [0.25, 0.3) is 0 Å². The number of hydrogen-bond donors (Lipinski definition) is 0. The monoisotopic (exact) mass is 564 g/mol. The fourth-order valence-electron chi connectivity index (χ4n) is 6.71. The number of fused-ring (bicyclic) bond motifs is 9. The largest absolute Gasteiger partial charge is 0.309 e. The van der Waals surface area contributed by atoms with E-state index in [9.17, 15) is 10.5 Å². The van der Waals surface area contributed by atoms with Crippen LogP contribution in [0.5, 0.6) is 0 Å². The van der Waals surface area contributed by atoms with Gasteiger partial charge in [0.1, 0.15) is 6.07 Å². The summed E-state index contributed by atoms with van der Waals surface area (Å²) in [6, 6.07) is 46.9. The number of benzene rings is 6. The Labute approximate surface area is 250 Å². The van der Waals surface area contributed by atoms with Crippen LogP contribution in [-0.2, 0) is 0 Å². The van der Waals surface area contributed by atoms with Crippen molar-refractivity contribution >= 4 is 75.1 Å². The first-order chi connectivity index (χ1) is 21.2. The normalized spacial score (nSPS) is 11.7. The summed E-state index contributed by atoms with van der Waals surface area (Å²) in [7, 11) is 0. The molecule has 0 radical (unpaired) electrons. The Morgan fingerprint density at radius 3 is 1.74 bits per heavy atom. The SMILES string of the molecule is N#Cc1ccc2c(c1)c1ccccc1n2-c1ccc2c(c1)c1ccccc1n2-c1ccc2sc3c(C#N)cccc3c2c1. The molecule has 3 aromatic heterocycles. The van der Waals surface area contributed by atoms with Crippen LogP contribution in [0.25, 0.3) is 75.2 Å². The van der Waals surface area contributed by atoms with Crippen molar-refractivity contribution in [3.8, 4) is 23.5 Å². The van der Waals surface area contributed by atoms with Crippen LogP contribution in [-0.4, -0.2) is 9.13 Å². The third kappa shape index (κ3) is 3.29. The highest BCUT2D eigenvalue weighted by atomic mass is 32.1. The highest BCUT2D eigenvalue weighted by molar-refractivity contribution is 7.26. The molecule has 0 atom stereocenters. The zero-order valence-electron chi connectivity index (χ0n) is 22.7. The average molecular weight is 565 g/mol. The van der Waals surface area contributed by atoms with E-state index in [1.54, 1.807) is 11.3 Å². The molecule has 6 aromatic carbocycles. The van der Waals surface area contributed by atoms with Crippen LogP contribution >= 0.6 is 11.3 Å². The highest BCUT2D eigenvalue weighted by Gasteiger charge is 2.17. The molecular formula is C38H20N4S. The predicted octanol–water partition coefficient (Wildman–Crippen LogP) is 9.99. The van der Waals surface area contributed by atoms with Gasteiger partial charge in [-0.1, -0.05) is 48.5 Å². The van der Waals surface area contributed by atoms with Crippen molar-refractivity contribution in [1.82, 2.24) is 9.13 Å². The number of nitriles is 2. The molecule has 9 aromatic rings. The van der Waals surface area contributed by atoms with Crippen LogP contribution in [0.2, 0.25) is 0 Å². The minimum Gasteiger partial charge on any atom is -0.309 e. The highest BCUT2D eigenvalue weighted by Crippen LogP contribution is 2.40. The van der Waals surface area contributed by atoms with E-state index < -0.39 is 0 Å². The number of rotatable bonds is 2. The second-order valence-electron chi connectivity index (χ2n) is 10.8. The first kappa shape index (κ1) is 23.8. The molecule has 0 N–H and O–H groups in total. The molecule has 5 heteroatoms. The van der Waals surface area contributed by atoms with Gasteiger partial charge in [-0.3, -0.25) is 0 Å². The Kier molecular flexibility index (Phi) is 4.87. The topological polar surface area (TPSA) is 57.4 Å². The van der Waals surface area contributed by atoms with Gasteiger partial charge in [-0.05, 0) is 72.8 Å². The van der Waals surface area contributed by atoms with Crippen molar-refractivity contribution in [3.63, 3.8) is 0 Å². The van der Waals surface area contributed by atoms with Crippen molar-refractivity contribution < 1.29 is 0 Å². The molecule has 0 saturated carbocycles. The standard InChI is InChI=1S/C38H20N4S/c39-21-23-12-15-35-30(18-23)27-7-1-3-10-33(27)41(35)25-13-16-36-31(19-25)28-8-2-4-11-34(28)42(36)26-14-17-37-32(20-26)29-9-5-6-24(22-40)38(29)43-37/h1-20H. The number of hydrogen-bond acceptors (Lipinski definition) is 3. The molecule has 0 saturated heterocycles. The number of para-hydroxylation sites is 2. The van der Waals surface area contributed by atoms with E-state index in [0.717, 1.165) is 59.9 Å². The zero-order valence-corrected chi connectivity index (χ0v) is 23.6. The van der Waals surface area contributed by atoms with Crippen molar-refractivity contribution in [2.45, 2.75) is 0 Å². The van der Waals surface area contributed by atoms with Gasteiger partial charge >= 0.3 is 0 Å². The van der Waals surface area contributed by atoms with Gasteiger partial charge in [-0.2, -0.15) is 10.5 Å². The lowest BCUT2D eigenvalue weighted by Gasteiger charge is -2.10. The first-order valence-corrected chi connectivity index (χ1v) is 14.9. The summed E-state index contributed by atoms with van der Waals surface area (Å²) in [5.74, 6) is 0. The van der Waals surface area contributed by atoms with E-state index in [1.165, 1.54) is 20.9 Å². The maximum absolute atomic E-state index is 9.67. The molecule has 3 heterocycles. The number of nitrogens with zero attached hydrogens (tertiary/aromatic N) is 4. The third-order valence-electron chi connectivity index (χ3n) is 8.58. The number of thiophene rings is 1. The Balaban J connectivity index is 1.32. The zero-order chi connectivity index (χ0) is 28.7. The van der Waals surface area contributed by atoms with Gasteiger partial charge in [0, 0.05) is 48.4 Å². The Bertz CT molecular complexity index is 2710. The van der Waals surface area contributed by atoms with Gasteiger partial charge in [0.2, 0.25) is 0 Å². The Morgan fingerprint density at radius 2 is 1.05 bits per heavy atom. The molecule has 198 valence electrons. The van der Waals surface area contributed by atoms with Crippen molar-refractivity contribution in [1.29, 1.82) is 10.5 Å². The van der Waals surface area contributed by atoms with Crippen LogP contribution < -0.4 is 0 Å². The second-order valence-corrected chi connectivity index (χ2v) is 11.9. The molecule has 0 aliphatic heterocycles. The summed E-state index contributed by atoms with van der Waals surface area (Å²) < 4.78 is 6.86. The van der Waals surface area contributed by atoms with Gasteiger partial charge in [0.15, 0.2) is 0 Å². The molecule has 0 aliphatic rings. The molecule has 0 bridgehead atoms. The fraction of sp³-hybridized carbons (Fsp3) is 0. The molecule has 0 amide bonds. The van der Waals surface area contributed by atoms with Gasteiger partial charge < -0.3 is 9.13 Å². The van der Waals surface area contributed by atoms with Gasteiger partial charge in [-0.25, -0.2) is 0 Å². The summed E-state index contributed by atoms with van der Waals surface area (Å²) in [4.78, 5) is 0. The summed E-state index contributed by atoms with van der Waals surface area (Å²) in [6.07, 6.45) is 0. The van der Waals surface area contributed by atoms with Crippen molar-refractivity contribution in [2.75, 3.05) is 0 Å². The minimum atomic E-state index is 0.660. The maximum atomic E-state index is 9.67. The Hall–Kier alpha value is -5.88. The summed E-state index contributed by atoms with van der Waals surface area (Å²) in [5.41, 5.74) is 8.02. The van der Waals surface area contributed by atoms with E-state index in [4.69, 9.17) is 0 Å². The van der Waals surface area contributed by atoms with Crippen LogP contribution in [0.15, 0.2) is 121 Å². The molecule has 0 spiro atoms. The predicted molar refractivity (Wildman–Crippen MR) is 177 cm³/mol. The van der Waals surface area contributed by atoms with E-state index in [-0.39, 0.29) is 0 Å². The molecule has 0 fully saturated rings. The molecule has 4 nitrogen and oxygen atoms in total. The third-order valence-corrected chi connectivity index (χ3v) is 9.79. The quantitative estimate of drug-likeness (QED) is 0.210. The summed E-state index contributed by atoms with van der Waals surface area (Å²) in [5, 5.41) is 26.1. The minimum absolute atomic E-state index is 0.660. The van der Waals surface area contributed by atoms with Crippen molar-refractivity contribution in [2.24, 2.45) is 0 Å². The second kappa shape index (κ2) is 8.81. The summed E-state index contributed by atoms with van der Waals surface area (Å²) >= 11 is 1.68. The lowest BCUT2D eigenvalue weighted by Crippen LogP contribution is -1.95. The average Bonchev–Trinajstić information content (AvgIpc) is 3.71. The van der Waals surface area contributed by atoms with Crippen LogP contribution in [0, 0.1) is 22.7 Å². The van der Waals surface area contributed by atoms with Gasteiger partial charge in [-0.15, -0.1) is 11.3 Å². The van der Waals surface area contributed by atoms with E-state index in [2.05, 4.69) is 118 Å². The van der Waals surface area contributed by atoms with Gasteiger partial charge in [0.05, 0.1) is 44.0 Å². The van der Waals surface area contributed by atoms with E-state index in [1.807, 2.05) is 24.3 Å². The molecule has 0 aliphatic carbocycles. The van der Waals surface area contributed by atoms with Crippen molar-refractivity contribution in [3.05, 3.63) is 132 Å². The van der Waals surface area contributed by atoms with Crippen LogP contribution in [0.4, 0.5) is 0 Å². The van der Waals surface area contributed by atoms with Crippen LogP contribution in [0.1, 0.15) is 11.1 Å². The first-order valence-electron chi connectivity index (χ1n) is 14.1. The molecule has 43 heavy (non-hydrogen) atoms. The maximum Gasteiger partial charge on any atom is 0.101 e. The Morgan fingerprint density at radius 1 is 0.465 bits per heavy atom.